The summed E-state index contributed by atoms with van der Waals surface area (Å²) in [5.74, 6) is 0.979. The second-order valence-corrected chi connectivity index (χ2v) is 9.03. The largest absolute Gasteiger partial charge is 0.493 e. The molecular formula is C27H33N2OS+. The van der Waals surface area contributed by atoms with E-state index in [0.29, 0.717) is 6.61 Å². The molecule has 0 saturated carbocycles. The lowest BCUT2D eigenvalue weighted by molar-refractivity contribution is -0.642. The minimum absolute atomic E-state index is 0.677. The van der Waals surface area contributed by atoms with Gasteiger partial charge in [0, 0.05) is 42.0 Å². The quantitative estimate of drug-likeness (QED) is 0.389. The number of benzene rings is 2. The van der Waals surface area contributed by atoms with Crippen LogP contribution in [0.2, 0.25) is 0 Å². The van der Waals surface area contributed by atoms with Crippen LogP contribution in [0.25, 0.3) is 21.9 Å². The smallest absolute Gasteiger partial charge is 0.265 e. The third kappa shape index (κ3) is 4.54. The van der Waals surface area contributed by atoms with Crippen LogP contribution in [-0.4, -0.2) is 19.7 Å². The van der Waals surface area contributed by atoms with Crippen molar-refractivity contribution in [3.8, 4) is 5.75 Å². The number of thiazole rings is 1. The van der Waals surface area contributed by atoms with Gasteiger partial charge in [-0.15, -0.1) is 0 Å². The number of aryl methyl sites for hydroxylation is 1. The Morgan fingerprint density at radius 2 is 1.87 bits per heavy atom. The van der Waals surface area contributed by atoms with Crippen LogP contribution in [0.15, 0.2) is 54.1 Å². The summed E-state index contributed by atoms with van der Waals surface area (Å²) in [7, 11) is 2.19. The number of hydrogen-bond donors (Lipinski definition) is 0. The third-order valence-electron chi connectivity index (χ3n) is 6.05. The number of hydrogen-bond acceptors (Lipinski definition) is 3. The van der Waals surface area contributed by atoms with E-state index in [1.165, 1.54) is 44.0 Å². The predicted octanol–water partition coefficient (Wildman–Crippen LogP) is 6.62. The zero-order valence-electron chi connectivity index (χ0n) is 19.1. The van der Waals surface area contributed by atoms with E-state index in [0.717, 1.165) is 31.7 Å². The highest BCUT2D eigenvalue weighted by Gasteiger charge is 2.22. The first-order valence-corrected chi connectivity index (χ1v) is 12.3. The van der Waals surface area contributed by atoms with Crippen LogP contribution in [0.1, 0.15) is 50.6 Å². The predicted molar refractivity (Wildman–Crippen MR) is 134 cm³/mol. The van der Waals surface area contributed by atoms with Crippen molar-refractivity contribution in [2.75, 3.05) is 24.6 Å². The molecule has 0 amide bonds. The van der Waals surface area contributed by atoms with Crippen molar-refractivity contribution in [3.63, 3.8) is 0 Å². The summed E-state index contributed by atoms with van der Waals surface area (Å²) in [6, 6.07) is 15.3. The second kappa shape index (κ2) is 9.69. The molecule has 31 heavy (non-hydrogen) atoms. The topological polar surface area (TPSA) is 16.4 Å². The van der Waals surface area contributed by atoms with E-state index in [4.69, 9.17) is 4.74 Å². The molecule has 0 N–H and O–H groups in total. The highest BCUT2D eigenvalue weighted by atomic mass is 32.1. The van der Waals surface area contributed by atoms with E-state index in [9.17, 15) is 0 Å². The normalized spacial score (nSPS) is 15.4. The van der Waals surface area contributed by atoms with E-state index in [1.54, 1.807) is 0 Å². The Balaban J connectivity index is 1.70. The van der Waals surface area contributed by atoms with Gasteiger partial charge in [-0.25, -0.2) is 0 Å². The number of fused-ring (bicyclic) bond motifs is 1. The summed E-state index contributed by atoms with van der Waals surface area (Å²) in [5, 5.41) is 1.37. The van der Waals surface area contributed by atoms with Gasteiger partial charge in [-0.3, -0.25) is 0 Å². The Bertz CT molecular complexity index is 1120. The van der Waals surface area contributed by atoms with Crippen molar-refractivity contribution >= 4 is 38.9 Å². The lowest BCUT2D eigenvalue weighted by atomic mass is 9.93. The SMILES string of the molecule is CCOc1cc(N(CC)CC)ccc1/C=C1\C=C(c2sc3ccccc3[n+]2C)CCC1. The minimum Gasteiger partial charge on any atom is -0.493 e. The monoisotopic (exact) mass is 433 g/mol. The van der Waals surface area contributed by atoms with Gasteiger partial charge in [0.2, 0.25) is 5.52 Å². The molecule has 0 fully saturated rings. The van der Waals surface area contributed by atoms with E-state index < -0.39 is 0 Å². The molecule has 0 bridgehead atoms. The van der Waals surface area contributed by atoms with E-state index >= 15 is 0 Å². The fourth-order valence-corrected chi connectivity index (χ4v) is 5.62. The van der Waals surface area contributed by atoms with Crippen LogP contribution in [0, 0.1) is 0 Å². The second-order valence-electron chi connectivity index (χ2n) is 8.00. The molecule has 0 unspecified atom stereocenters. The Labute approximate surface area is 190 Å². The highest BCUT2D eigenvalue weighted by molar-refractivity contribution is 7.19. The van der Waals surface area contributed by atoms with Gasteiger partial charge in [-0.1, -0.05) is 23.5 Å². The van der Waals surface area contributed by atoms with Crippen molar-refractivity contribution in [1.82, 2.24) is 0 Å². The van der Waals surface area contributed by atoms with Crippen molar-refractivity contribution < 1.29 is 9.30 Å². The number of aromatic nitrogens is 1. The maximum atomic E-state index is 6.03. The number of nitrogens with zero attached hydrogens (tertiary/aromatic N) is 2. The summed E-state index contributed by atoms with van der Waals surface area (Å²) < 4.78 is 9.73. The molecule has 4 heteroatoms. The number of rotatable bonds is 7. The first kappa shape index (κ1) is 21.6. The van der Waals surface area contributed by atoms with Crippen molar-refractivity contribution in [2.24, 2.45) is 7.05 Å². The fourth-order valence-electron chi connectivity index (χ4n) is 4.43. The van der Waals surface area contributed by atoms with Gasteiger partial charge in [0.15, 0.2) is 0 Å². The standard InChI is InChI=1S/C27H33N2OS/c1-5-29(6-2)23-16-15-21(25(19-23)30-7-3)17-20-11-10-12-22(18-20)27-28(4)24-13-8-9-14-26(24)31-27/h8-9,13-19H,5-7,10-12H2,1-4H3/q+1. The Morgan fingerprint density at radius 1 is 1.06 bits per heavy atom. The molecule has 4 rings (SSSR count). The fraction of sp³-hybridized carbons (Fsp3) is 0.370. The molecule has 1 aromatic heterocycles. The molecular weight excluding hydrogens is 400 g/mol. The molecule has 0 aliphatic heterocycles. The summed E-state index contributed by atoms with van der Waals surface area (Å²) >= 11 is 1.90. The molecule has 0 spiro atoms. The third-order valence-corrected chi connectivity index (χ3v) is 7.34. The van der Waals surface area contributed by atoms with Crippen LogP contribution in [0.4, 0.5) is 5.69 Å². The van der Waals surface area contributed by atoms with Crippen LogP contribution >= 0.6 is 11.3 Å². The van der Waals surface area contributed by atoms with Gasteiger partial charge < -0.3 is 9.64 Å². The van der Waals surface area contributed by atoms with Gasteiger partial charge in [0.05, 0.1) is 6.61 Å². The van der Waals surface area contributed by atoms with Gasteiger partial charge in [-0.2, -0.15) is 4.57 Å². The van der Waals surface area contributed by atoms with Gasteiger partial charge in [0.1, 0.15) is 17.5 Å². The van der Waals surface area contributed by atoms with E-state index in [1.807, 2.05) is 11.3 Å². The summed E-state index contributed by atoms with van der Waals surface area (Å²) in [6.07, 6.45) is 8.16. The molecule has 1 aliphatic carbocycles. The number of anilines is 1. The van der Waals surface area contributed by atoms with Gasteiger partial charge in [0.25, 0.3) is 5.01 Å². The van der Waals surface area contributed by atoms with E-state index in [2.05, 4.69) is 91.9 Å². The number of para-hydroxylation sites is 1. The first-order chi connectivity index (χ1) is 15.1. The molecule has 162 valence electrons. The zero-order valence-corrected chi connectivity index (χ0v) is 20.0. The van der Waals surface area contributed by atoms with E-state index in [-0.39, 0.29) is 0 Å². The van der Waals surface area contributed by atoms with Crippen LogP contribution in [0.5, 0.6) is 5.75 Å². The Hall–Kier alpha value is -2.59. The lowest BCUT2D eigenvalue weighted by Gasteiger charge is -2.22. The van der Waals surface area contributed by atoms with Crippen LogP contribution < -0.4 is 14.2 Å². The Kier molecular flexibility index (Phi) is 6.77. The average Bonchev–Trinajstić information content (AvgIpc) is 3.13. The van der Waals surface area contributed by atoms with Crippen LogP contribution in [-0.2, 0) is 7.05 Å². The summed E-state index contributed by atoms with van der Waals surface area (Å²) in [5.41, 5.74) is 6.54. The minimum atomic E-state index is 0.677. The van der Waals surface area contributed by atoms with Crippen LogP contribution in [0.3, 0.4) is 0 Å². The maximum Gasteiger partial charge on any atom is 0.265 e. The van der Waals surface area contributed by atoms with Gasteiger partial charge >= 0.3 is 0 Å². The molecule has 3 aromatic rings. The molecule has 0 atom stereocenters. The molecule has 1 aliphatic rings. The maximum absolute atomic E-state index is 6.03. The van der Waals surface area contributed by atoms with Crippen molar-refractivity contribution in [1.29, 1.82) is 0 Å². The first-order valence-electron chi connectivity index (χ1n) is 11.5. The molecule has 2 aromatic carbocycles. The summed E-state index contributed by atoms with van der Waals surface area (Å²) in [4.78, 5) is 2.36. The van der Waals surface area contributed by atoms with Crippen molar-refractivity contribution in [3.05, 3.63) is 64.7 Å². The molecule has 0 saturated heterocycles. The molecule has 1 heterocycles. The average molecular weight is 434 g/mol. The highest BCUT2D eigenvalue weighted by Crippen LogP contribution is 2.35. The Morgan fingerprint density at radius 3 is 2.61 bits per heavy atom. The lowest BCUT2D eigenvalue weighted by Crippen LogP contribution is -2.30. The van der Waals surface area contributed by atoms with Gasteiger partial charge in [-0.05, 0) is 76.0 Å². The van der Waals surface area contributed by atoms with Crippen molar-refractivity contribution in [2.45, 2.75) is 40.0 Å². The molecule has 0 radical (unpaired) electrons. The number of ether oxygens (including phenoxy) is 1. The summed E-state index contributed by atoms with van der Waals surface area (Å²) in [6.45, 7) is 9.13. The number of allylic oxidation sites excluding steroid dienone is 3. The molecule has 3 nitrogen and oxygen atoms in total. The zero-order chi connectivity index (χ0) is 21.8.